The van der Waals surface area contributed by atoms with Gasteiger partial charge in [-0.3, -0.25) is 4.72 Å². The molecule has 0 saturated carbocycles. The number of aromatic carboxylic acids is 1. The lowest BCUT2D eigenvalue weighted by molar-refractivity contribution is 0.0690. The second-order valence-corrected chi connectivity index (χ2v) is 6.25. The fourth-order valence-electron chi connectivity index (χ4n) is 1.69. The highest BCUT2D eigenvalue weighted by Gasteiger charge is 2.16. The van der Waals surface area contributed by atoms with Gasteiger partial charge in [0.25, 0.3) is 10.0 Å². The molecule has 0 aliphatic rings. The van der Waals surface area contributed by atoms with Crippen molar-refractivity contribution in [1.82, 2.24) is 4.98 Å². The normalized spacial score (nSPS) is 11.1. The van der Waals surface area contributed by atoms with E-state index in [1.165, 1.54) is 24.3 Å². The summed E-state index contributed by atoms with van der Waals surface area (Å²) in [5.74, 6) is -1.25. The Morgan fingerprint density at radius 3 is 2.48 bits per heavy atom. The average Bonchev–Trinajstić information content (AvgIpc) is 2.41. The van der Waals surface area contributed by atoms with Gasteiger partial charge >= 0.3 is 5.97 Å². The van der Waals surface area contributed by atoms with Crippen LogP contribution in [0.3, 0.4) is 0 Å². The second-order valence-electron chi connectivity index (χ2n) is 4.56. The van der Waals surface area contributed by atoms with E-state index in [4.69, 9.17) is 5.11 Å². The fourth-order valence-corrected chi connectivity index (χ4v) is 2.77. The number of sulfonamides is 1. The molecule has 0 unspecified atom stereocenters. The Hall–Kier alpha value is -2.41. The summed E-state index contributed by atoms with van der Waals surface area (Å²) in [5, 5.41) is 8.85. The molecular weight excluding hydrogens is 292 g/mol. The number of aryl methyl sites for hydroxylation is 2. The Morgan fingerprint density at radius 2 is 1.86 bits per heavy atom. The van der Waals surface area contributed by atoms with E-state index in [1.807, 2.05) is 13.8 Å². The maximum atomic E-state index is 12.2. The molecule has 1 aromatic heterocycles. The molecule has 0 saturated heterocycles. The van der Waals surface area contributed by atoms with Crippen molar-refractivity contribution in [2.75, 3.05) is 4.72 Å². The first kappa shape index (κ1) is 15.0. The van der Waals surface area contributed by atoms with E-state index in [0.29, 0.717) is 0 Å². The first-order chi connectivity index (χ1) is 9.79. The van der Waals surface area contributed by atoms with Gasteiger partial charge < -0.3 is 5.11 Å². The largest absolute Gasteiger partial charge is 0.477 e. The Kier molecular flexibility index (Phi) is 3.95. The van der Waals surface area contributed by atoms with E-state index in [2.05, 4.69) is 9.71 Å². The second kappa shape index (κ2) is 5.53. The van der Waals surface area contributed by atoms with Crippen LogP contribution < -0.4 is 4.72 Å². The van der Waals surface area contributed by atoms with Crippen LogP contribution >= 0.6 is 0 Å². The van der Waals surface area contributed by atoms with Crippen molar-refractivity contribution in [2.24, 2.45) is 0 Å². The molecule has 21 heavy (non-hydrogen) atoms. The fraction of sp³-hybridized carbons (Fsp3) is 0.143. The molecule has 0 amide bonds. The lowest BCUT2D eigenvalue weighted by Crippen LogP contribution is -2.15. The van der Waals surface area contributed by atoms with E-state index in [-0.39, 0.29) is 16.4 Å². The molecule has 6 nitrogen and oxygen atoms in total. The van der Waals surface area contributed by atoms with Gasteiger partial charge in [0.15, 0.2) is 5.69 Å². The van der Waals surface area contributed by atoms with E-state index in [9.17, 15) is 13.2 Å². The third-order valence-corrected chi connectivity index (χ3v) is 4.35. The van der Waals surface area contributed by atoms with Gasteiger partial charge in [-0.1, -0.05) is 12.1 Å². The molecule has 2 aromatic rings. The smallest absolute Gasteiger partial charge is 0.354 e. The van der Waals surface area contributed by atoms with Crippen molar-refractivity contribution in [3.05, 3.63) is 53.2 Å². The van der Waals surface area contributed by atoms with Gasteiger partial charge in [-0.25, -0.2) is 18.2 Å². The molecule has 0 spiro atoms. The predicted octanol–water partition coefficient (Wildman–Crippen LogP) is 2.20. The minimum Gasteiger partial charge on any atom is -0.477 e. The topological polar surface area (TPSA) is 96.4 Å². The van der Waals surface area contributed by atoms with Crippen molar-refractivity contribution in [3.8, 4) is 0 Å². The molecule has 1 aromatic carbocycles. The van der Waals surface area contributed by atoms with E-state index < -0.39 is 16.0 Å². The molecule has 0 aliphatic carbocycles. The number of aromatic nitrogens is 1. The Morgan fingerprint density at radius 1 is 1.14 bits per heavy atom. The molecule has 0 radical (unpaired) electrons. The third-order valence-electron chi connectivity index (χ3n) is 3.00. The summed E-state index contributed by atoms with van der Waals surface area (Å²) in [6, 6.07) is 8.87. The van der Waals surface area contributed by atoms with Crippen LogP contribution in [0.15, 0.2) is 41.3 Å². The molecule has 2 rings (SSSR count). The molecule has 7 heteroatoms. The Bertz CT molecular complexity index is 800. The van der Waals surface area contributed by atoms with Gasteiger partial charge in [0.2, 0.25) is 0 Å². The molecular formula is C14H14N2O4S. The molecule has 0 atom stereocenters. The van der Waals surface area contributed by atoms with Crippen LogP contribution in [0.25, 0.3) is 0 Å². The maximum absolute atomic E-state index is 12.2. The number of carboxylic acids is 1. The van der Waals surface area contributed by atoms with Crippen molar-refractivity contribution >= 4 is 21.8 Å². The Balaban J connectivity index is 2.35. The van der Waals surface area contributed by atoms with Crippen molar-refractivity contribution < 1.29 is 18.3 Å². The van der Waals surface area contributed by atoms with Crippen LogP contribution in [0.5, 0.6) is 0 Å². The predicted molar refractivity (Wildman–Crippen MR) is 77.9 cm³/mol. The summed E-state index contributed by atoms with van der Waals surface area (Å²) in [5.41, 5.74) is 1.61. The number of pyridine rings is 1. The SMILES string of the molecule is Cc1ccc(S(=O)(=O)Nc2cccc(C(=O)O)n2)cc1C. The van der Waals surface area contributed by atoms with Gasteiger partial charge in [-0.05, 0) is 49.2 Å². The number of rotatable bonds is 4. The van der Waals surface area contributed by atoms with Crippen LogP contribution in [0.1, 0.15) is 21.6 Å². The molecule has 2 N–H and O–H groups in total. The van der Waals surface area contributed by atoms with Gasteiger partial charge in [0.1, 0.15) is 5.82 Å². The van der Waals surface area contributed by atoms with Crippen molar-refractivity contribution in [3.63, 3.8) is 0 Å². The third kappa shape index (κ3) is 3.38. The minimum atomic E-state index is -3.80. The van der Waals surface area contributed by atoms with E-state index in [1.54, 1.807) is 12.1 Å². The van der Waals surface area contributed by atoms with Crippen LogP contribution in [-0.2, 0) is 10.0 Å². The summed E-state index contributed by atoms with van der Waals surface area (Å²) in [4.78, 5) is 14.7. The number of nitrogens with zero attached hydrogens (tertiary/aromatic N) is 1. The molecule has 1 heterocycles. The number of carbonyl (C=O) groups is 1. The summed E-state index contributed by atoms with van der Waals surface area (Å²) >= 11 is 0. The van der Waals surface area contributed by atoms with Crippen LogP contribution in [0.2, 0.25) is 0 Å². The summed E-state index contributed by atoms with van der Waals surface area (Å²) < 4.78 is 26.8. The maximum Gasteiger partial charge on any atom is 0.354 e. The lowest BCUT2D eigenvalue weighted by atomic mass is 10.1. The van der Waals surface area contributed by atoms with Gasteiger partial charge in [0, 0.05) is 0 Å². The first-order valence-corrected chi connectivity index (χ1v) is 7.58. The zero-order chi connectivity index (χ0) is 15.6. The van der Waals surface area contributed by atoms with E-state index in [0.717, 1.165) is 11.1 Å². The standard InChI is InChI=1S/C14H14N2O4S/c1-9-6-7-11(8-10(9)2)21(19,20)16-13-5-3-4-12(15-13)14(17)18/h3-8H,1-2H3,(H,15,16)(H,17,18). The van der Waals surface area contributed by atoms with Gasteiger partial charge in [-0.15, -0.1) is 0 Å². The van der Waals surface area contributed by atoms with Crippen LogP contribution in [-0.4, -0.2) is 24.5 Å². The van der Waals surface area contributed by atoms with Crippen molar-refractivity contribution in [2.45, 2.75) is 18.7 Å². The average molecular weight is 306 g/mol. The highest BCUT2D eigenvalue weighted by Crippen LogP contribution is 2.18. The highest BCUT2D eigenvalue weighted by molar-refractivity contribution is 7.92. The number of benzene rings is 1. The molecule has 0 bridgehead atoms. The minimum absolute atomic E-state index is 0.0341. The number of nitrogens with one attached hydrogen (secondary N) is 1. The van der Waals surface area contributed by atoms with Crippen LogP contribution in [0.4, 0.5) is 5.82 Å². The molecule has 110 valence electrons. The molecule has 0 fully saturated rings. The van der Waals surface area contributed by atoms with E-state index >= 15 is 0 Å². The van der Waals surface area contributed by atoms with Gasteiger partial charge in [0.05, 0.1) is 4.90 Å². The summed E-state index contributed by atoms with van der Waals surface area (Å²) in [6.45, 7) is 3.70. The van der Waals surface area contributed by atoms with Crippen LogP contribution in [0, 0.1) is 13.8 Å². The monoisotopic (exact) mass is 306 g/mol. The quantitative estimate of drug-likeness (QED) is 0.902. The molecule has 0 aliphatic heterocycles. The van der Waals surface area contributed by atoms with Gasteiger partial charge in [-0.2, -0.15) is 0 Å². The summed E-state index contributed by atoms with van der Waals surface area (Å²) in [7, 11) is -3.80. The zero-order valence-corrected chi connectivity index (χ0v) is 12.3. The van der Waals surface area contributed by atoms with Crippen molar-refractivity contribution in [1.29, 1.82) is 0 Å². The Labute approximate surface area is 122 Å². The first-order valence-electron chi connectivity index (χ1n) is 6.10. The number of hydrogen-bond acceptors (Lipinski definition) is 4. The number of anilines is 1. The lowest BCUT2D eigenvalue weighted by Gasteiger charge is -2.09. The summed E-state index contributed by atoms with van der Waals surface area (Å²) in [6.07, 6.45) is 0. The zero-order valence-electron chi connectivity index (χ0n) is 11.5. The highest BCUT2D eigenvalue weighted by atomic mass is 32.2. The number of hydrogen-bond donors (Lipinski definition) is 2. The number of carboxylic acid groups (broad SMARTS) is 1.